The molecule has 0 radical (unpaired) electrons. The van der Waals surface area contributed by atoms with Gasteiger partial charge in [0.2, 0.25) is 0 Å². The molecule has 0 unspecified atom stereocenters. The second-order valence-corrected chi connectivity index (χ2v) is 6.66. The highest BCUT2D eigenvalue weighted by Gasteiger charge is 2.42. The van der Waals surface area contributed by atoms with Gasteiger partial charge in [0.15, 0.2) is 0 Å². The van der Waals surface area contributed by atoms with E-state index >= 15 is 0 Å². The first-order chi connectivity index (χ1) is 10.7. The van der Waals surface area contributed by atoms with Crippen LogP contribution in [-0.4, -0.2) is 15.7 Å². The van der Waals surface area contributed by atoms with Gasteiger partial charge in [-0.2, -0.15) is 0 Å². The predicted octanol–water partition coefficient (Wildman–Crippen LogP) is 4.54. The van der Waals surface area contributed by atoms with Crippen molar-refractivity contribution in [3.8, 4) is 0 Å². The smallest absolute Gasteiger partial charge is 0.0771 e. The maximum Gasteiger partial charge on any atom is 0.0771 e. The van der Waals surface area contributed by atoms with Crippen molar-refractivity contribution in [2.75, 3.05) is 0 Å². The number of aromatic nitrogens is 1. The number of rotatable bonds is 4. The largest absolute Gasteiger partial charge is 0.389 e. The molecule has 1 N–H and O–H groups in total. The minimum atomic E-state index is -0.768. The second-order valence-electron chi connectivity index (χ2n) is 6.66. The third kappa shape index (κ3) is 3.07. The van der Waals surface area contributed by atoms with Gasteiger partial charge in [-0.3, -0.25) is 4.98 Å². The molecule has 0 aliphatic heterocycles. The molecular weight excluding hydrogens is 270 g/mol. The minimum Gasteiger partial charge on any atom is -0.389 e. The highest BCUT2D eigenvalue weighted by atomic mass is 16.3. The molecule has 2 aromatic rings. The molecule has 1 aromatic heterocycles. The zero-order chi connectivity index (χ0) is 15.4. The van der Waals surface area contributed by atoms with Crippen LogP contribution in [0.5, 0.6) is 0 Å². The number of nitrogens with zero attached hydrogens (tertiary/aromatic N) is 1. The van der Waals surface area contributed by atoms with Crippen molar-refractivity contribution in [2.24, 2.45) is 5.92 Å². The van der Waals surface area contributed by atoms with E-state index in [1.807, 2.05) is 49.5 Å². The van der Waals surface area contributed by atoms with Gasteiger partial charge >= 0.3 is 0 Å². The summed E-state index contributed by atoms with van der Waals surface area (Å²) in [5.74, 6) is 0.270. The molecule has 1 saturated carbocycles. The molecule has 0 spiro atoms. The normalized spacial score (nSPS) is 20.3. The van der Waals surface area contributed by atoms with Crippen LogP contribution in [0.3, 0.4) is 0 Å². The van der Waals surface area contributed by atoms with E-state index in [1.165, 1.54) is 19.3 Å². The molecule has 22 heavy (non-hydrogen) atoms. The standard InChI is InChI=1S/C20H25NO/c1-20(22,17-12-6-3-7-13-17)19(16-10-4-2-5-11-16)18-14-8-9-15-21-18/h2,4-5,8-11,14-15,17,19,22H,3,6-7,12-13H2,1H3/t19-,20-/m1/s1. The predicted molar refractivity (Wildman–Crippen MR) is 89.7 cm³/mol. The van der Waals surface area contributed by atoms with Crippen LogP contribution >= 0.6 is 0 Å². The molecule has 2 heteroatoms. The molecule has 1 heterocycles. The van der Waals surface area contributed by atoms with E-state index in [9.17, 15) is 5.11 Å². The zero-order valence-electron chi connectivity index (χ0n) is 13.3. The van der Waals surface area contributed by atoms with Crippen LogP contribution in [0.15, 0.2) is 54.7 Å². The van der Waals surface area contributed by atoms with Crippen LogP contribution in [0.2, 0.25) is 0 Å². The molecular formula is C20H25NO. The van der Waals surface area contributed by atoms with Crippen LogP contribution in [0.4, 0.5) is 0 Å². The van der Waals surface area contributed by atoms with Gasteiger partial charge in [-0.05, 0) is 43.4 Å². The first kappa shape index (κ1) is 15.2. The van der Waals surface area contributed by atoms with Gasteiger partial charge in [0.25, 0.3) is 0 Å². The first-order valence-electron chi connectivity index (χ1n) is 8.38. The third-order valence-corrected chi connectivity index (χ3v) is 5.13. The maximum atomic E-state index is 11.5. The monoisotopic (exact) mass is 295 g/mol. The number of hydrogen-bond donors (Lipinski definition) is 1. The van der Waals surface area contributed by atoms with Gasteiger partial charge in [0, 0.05) is 6.20 Å². The Kier molecular flexibility index (Phi) is 4.58. The lowest BCUT2D eigenvalue weighted by atomic mass is 9.68. The van der Waals surface area contributed by atoms with E-state index in [0.29, 0.717) is 5.92 Å². The SMILES string of the molecule is C[C@@](O)(C1CCCCC1)[C@H](c1ccccc1)c1ccccn1. The van der Waals surface area contributed by atoms with Crippen molar-refractivity contribution >= 4 is 0 Å². The topological polar surface area (TPSA) is 33.1 Å². The van der Waals surface area contributed by atoms with E-state index in [2.05, 4.69) is 17.1 Å². The number of hydrogen-bond acceptors (Lipinski definition) is 2. The zero-order valence-corrected chi connectivity index (χ0v) is 13.3. The fraction of sp³-hybridized carbons (Fsp3) is 0.450. The van der Waals surface area contributed by atoms with Crippen LogP contribution < -0.4 is 0 Å². The van der Waals surface area contributed by atoms with E-state index < -0.39 is 5.60 Å². The van der Waals surface area contributed by atoms with Crippen molar-refractivity contribution in [3.05, 3.63) is 66.0 Å². The fourth-order valence-corrected chi connectivity index (χ4v) is 3.92. The van der Waals surface area contributed by atoms with Crippen molar-refractivity contribution in [1.82, 2.24) is 4.98 Å². The molecule has 3 rings (SSSR count). The van der Waals surface area contributed by atoms with Gasteiger partial charge in [-0.1, -0.05) is 55.7 Å². The minimum absolute atomic E-state index is 0.0713. The number of pyridine rings is 1. The van der Waals surface area contributed by atoms with E-state index in [1.54, 1.807) is 0 Å². The summed E-state index contributed by atoms with van der Waals surface area (Å²) in [5.41, 5.74) is 1.34. The Morgan fingerprint density at radius 1 is 1.00 bits per heavy atom. The average Bonchev–Trinajstić information content (AvgIpc) is 2.58. The van der Waals surface area contributed by atoms with Crippen LogP contribution in [-0.2, 0) is 0 Å². The molecule has 0 amide bonds. The lowest BCUT2D eigenvalue weighted by molar-refractivity contribution is -0.0312. The highest BCUT2D eigenvalue weighted by molar-refractivity contribution is 5.32. The Labute approximate surface area is 133 Å². The summed E-state index contributed by atoms with van der Waals surface area (Å²) in [5, 5.41) is 11.5. The Morgan fingerprint density at radius 2 is 1.68 bits per heavy atom. The van der Waals surface area contributed by atoms with Crippen LogP contribution in [0, 0.1) is 5.92 Å². The number of aliphatic hydroxyl groups is 1. The summed E-state index contributed by atoms with van der Waals surface area (Å²) in [6.07, 6.45) is 7.80. The Balaban J connectivity index is 2.01. The third-order valence-electron chi connectivity index (χ3n) is 5.13. The molecule has 2 nitrogen and oxygen atoms in total. The van der Waals surface area contributed by atoms with Gasteiger partial charge in [0.1, 0.15) is 0 Å². The van der Waals surface area contributed by atoms with Crippen molar-refractivity contribution in [1.29, 1.82) is 0 Å². The van der Waals surface area contributed by atoms with E-state index in [4.69, 9.17) is 0 Å². The summed E-state index contributed by atoms with van der Waals surface area (Å²) in [6.45, 7) is 2.01. The summed E-state index contributed by atoms with van der Waals surface area (Å²) in [7, 11) is 0. The Morgan fingerprint density at radius 3 is 2.32 bits per heavy atom. The van der Waals surface area contributed by atoms with Crippen molar-refractivity contribution < 1.29 is 5.11 Å². The fourth-order valence-electron chi connectivity index (χ4n) is 3.92. The molecule has 2 atom stereocenters. The van der Waals surface area contributed by atoms with Gasteiger partial charge < -0.3 is 5.11 Å². The number of benzene rings is 1. The van der Waals surface area contributed by atoms with E-state index in [-0.39, 0.29) is 5.92 Å². The van der Waals surface area contributed by atoms with Gasteiger partial charge in [0.05, 0.1) is 17.2 Å². The Hall–Kier alpha value is -1.67. The molecule has 116 valence electrons. The van der Waals surface area contributed by atoms with Gasteiger partial charge in [-0.15, -0.1) is 0 Å². The molecule has 1 fully saturated rings. The van der Waals surface area contributed by atoms with Crippen LogP contribution in [0.25, 0.3) is 0 Å². The summed E-state index contributed by atoms with van der Waals surface area (Å²) < 4.78 is 0. The van der Waals surface area contributed by atoms with E-state index in [0.717, 1.165) is 24.1 Å². The molecule has 0 bridgehead atoms. The van der Waals surface area contributed by atoms with Crippen LogP contribution in [0.1, 0.15) is 56.2 Å². The maximum absolute atomic E-state index is 11.5. The Bertz CT molecular complexity index is 534. The summed E-state index contributed by atoms with van der Waals surface area (Å²) >= 11 is 0. The first-order valence-corrected chi connectivity index (χ1v) is 8.38. The molecule has 1 aliphatic rings. The quantitative estimate of drug-likeness (QED) is 0.898. The molecule has 1 aliphatic carbocycles. The summed E-state index contributed by atoms with van der Waals surface area (Å²) in [6, 6.07) is 16.3. The van der Waals surface area contributed by atoms with Gasteiger partial charge in [-0.25, -0.2) is 0 Å². The molecule has 0 saturated heterocycles. The van der Waals surface area contributed by atoms with Crippen molar-refractivity contribution in [3.63, 3.8) is 0 Å². The highest BCUT2D eigenvalue weighted by Crippen LogP contribution is 2.43. The van der Waals surface area contributed by atoms with Crippen molar-refractivity contribution in [2.45, 2.75) is 50.5 Å². The lowest BCUT2D eigenvalue weighted by Gasteiger charge is -2.41. The molecule has 1 aromatic carbocycles. The average molecular weight is 295 g/mol. The summed E-state index contributed by atoms with van der Waals surface area (Å²) in [4.78, 5) is 4.56. The second kappa shape index (κ2) is 6.62. The lowest BCUT2D eigenvalue weighted by Crippen LogP contribution is -2.42.